The minimum Gasteiger partial charge on any atom is -0.482 e. The Morgan fingerprint density at radius 3 is 2.50 bits per heavy atom. The summed E-state index contributed by atoms with van der Waals surface area (Å²) in [7, 11) is 0. The molecule has 30 heavy (non-hydrogen) atoms. The summed E-state index contributed by atoms with van der Waals surface area (Å²) in [5, 5.41) is 10.1. The van der Waals surface area contributed by atoms with Gasteiger partial charge in [-0.15, -0.1) is 0 Å². The van der Waals surface area contributed by atoms with E-state index in [9.17, 15) is 10.1 Å². The van der Waals surface area contributed by atoms with Crippen LogP contribution in [0.25, 0.3) is 11.6 Å². The Hall–Kier alpha value is -3.55. The highest BCUT2D eigenvalue weighted by Crippen LogP contribution is 2.23. The lowest BCUT2D eigenvalue weighted by Gasteiger charge is -2.08. The monoisotopic (exact) mass is 417 g/mol. The summed E-state index contributed by atoms with van der Waals surface area (Å²) in [6.07, 6.45) is 2.66. The molecule has 0 saturated heterocycles. The number of rotatable bonds is 7. The smallest absolute Gasteiger partial charge is 0.349 e. The predicted octanol–water partition coefficient (Wildman–Crippen LogP) is 5.95. The molecule has 3 aromatic rings. The first-order chi connectivity index (χ1) is 14.6. The Labute approximate surface area is 180 Å². The van der Waals surface area contributed by atoms with Crippen LogP contribution in [0.15, 0.2) is 72.8 Å². The standard InChI is InChI=1S/C25H20ClNO3/c1-2-18-9-11-23(12-10-18)29-17-25(28)30-24-8-3-5-19(14-24)13-21(16-27)20-6-4-7-22(26)15-20/h3-15H,2,17H2,1H3/b21-13-. The van der Waals surface area contributed by atoms with Crippen LogP contribution in [-0.4, -0.2) is 12.6 Å². The van der Waals surface area contributed by atoms with Gasteiger partial charge in [0.25, 0.3) is 0 Å². The Balaban J connectivity index is 1.65. The first kappa shape index (κ1) is 21.2. The molecular weight excluding hydrogens is 398 g/mol. The van der Waals surface area contributed by atoms with Gasteiger partial charge in [-0.25, -0.2) is 4.79 Å². The van der Waals surface area contributed by atoms with Crippen molar-refractivity contribution in [1.82, 2.24) is 0 Å². The molecule has 0 aliphatic rings. The Kier molecular flexibility index (Phi) is 7.26. The summed E-state index contributed by atoms with van der Waals surface area (Å²) in [6.45, 7) is 1.88. The molecule has 0 aliphatic heterocycles. The van der Waals surface area contributed by atoms with E-state index in [0.717, 1.165) is 17.5 Å². The van der Waals surface area contributed by atoms with E-state index in [2.05, 4.69) is 13.0 Å². The number of nitrogens with zero attached hydrogens (tertiary/aromatic N) is 1. The van der Waals surface area contributed by atoms with E-state index >= 15 is 0 Å². The van der Waals surface area contributed by atoms with E-state index in [1.54, 1.807) is 42.5 Å². The molecule has 0 N–H and O–H groups in total. The van der Waals surface area contributed by atoms with Crippen LogP contribution < -0.4 is 9.47 Å². The van der Waals surface area contributed by atoms with Gasteiger partial charge in [0.2, 0.25) is 0 Å². The Morgan fingerprint density at radius 1 is 1.03 bits per heavy atom. The highest BCUT2D eigenvalue weighted by molar-refractivity contribution is 6.30. The fourth-order valence-corrected chi connectivity index (χ4v) is 2.99. The molecule has 4 nitrogen and oxygen atoms in total. The molecule has 0 saturated carbocycles. The molecule has 3 aromatic carbocycles. The number of nitriles is 1. The summed E-state index contributed by atoms with van der Waals surface area (Å²) < 4.78 is 10.8. The van der Waals surface area contributed by atoms with Crippen LogP contribution in [0.2, 0.25) is 5.02 Å². The van der Waals surface area contributed by atoms with Gasteiger partial charge in [0.15, 0.2) is 6.61 Å². The number of benzene rings is 3. The van der Waals surface area contributed by atoms with Crippen LogP contribution in [0.4, 0.5) is 0 Å². The zero-order valence-electron chi connectivity index (χ0n) is 16.5. The molecule has 0 heterocycles. The number of carbonyl (C=O) groups is 1. The molecule has 0 spiro atoms. The van der Waals surface area contributed by atoms with Crippen molar-refractivity contribution in [2.45, 2.75) is 13.3 Å². The van der Waals surface area contributed by atoms with Crippen LogP contribution in [0.1, 0.15) is 23.6 Å². The SMILES string of the molecule is CCc1ccc(OCC(=O)Oc2cccc(/C=C(/C#N)c3cccc(Cl)c3)c2)cc1. The first-order valence-corrected chi connectivity index (χ1v) is 9.85. The van der Waals surface area contributed by atoms with Crippen molar-refractivity contribution in [2.24, 2.45) is 0 Å². The Bertz CT molecular complexity index is 1100. The summed E-state index contributed by atoms with van der Waals surface area (Å²) >= 11 is 6.01. The minimum atomic E-state index is -0.508. The van der Waals surface area contributed by atoms with E-state index in [1.807, 2.05) is 36.4 Å². The summed E-state index contributed by atoms with van der Waals surface area (Å²) in [4.78, 5) is 12.1. The van der Waals surface area contributed by atoms with E-state index in [1.165, 1.54) is 5.56 Å². The number of halogens is 1. The van der Waals surface area contributed by atoms with Gasteiger partial charge in [-0.05, 0) is 65.6 Å². The maximum Gasteiger partial charge on any atom is 0.349 e. The molecule has 0 aromatic heterocycles. The van der Waals surface area contributed by atoms with Crippen LogP contribution in [0, 0.1) is 11.3 Å². The van der Waals surface area contributed by atoms with Crippen LogP contribution >= 0.6 is 11.6 Å². The van der Waals surface area contributed by atoms with Crippen molar-refractivity contribution < 1.29 is 14.3 Å². The van der Waals surface area contributed by atoms with Gasteiger partial charge in [0.1, 0.15) is 11.5 Å². The largest absolute Gasteiger partial charge is 0.482 e. The van der Waals surface area contributed by atoms with E-state index in [4.69, 9.17) is 21.1 Å². The summed E-state index contributed by atoms with van der Waals surface area (Å²) in [6, 6.07) is 23.8. The molecule has 150 valence electrons. The lowest BCUT2D eigenvalue weighted by atomic mass is 10.0. The lowest BCUT2D eigenvalue weighted by molar-refractivity contribution is -0.136. The number of hydrogen-bond donors (Lipinski definition) is 0. The number of allylic oxidation sites excluding steroid dienone is 1. The second kappa shape index (κ2) is 10.3. The van der Waals surface area contributed by atoms with Crippen molar-refractivity contribution in [1.29, 1.82) is 5.26 Å². The number of ether oxygens (including phenoxy) is 2. The quantitative estimate of drug-likeness (QED) is 0.206. The molecule has 0 bridgehead atoms. The molecule has 3 rings (SSSR count). The average Bonchev–Trinajstić information content (AvgIpc) is 2.76. The van der Waals surface area contributed by atoms with Gasteiger partial charge >= 0.3 is 5.97 Å². The van der Waals surface area contributed by atoms with Crippen LogP contribution in [0.3, 0.4) is 0 Å². The van der Waals surface area contributed by atoms with Gasteiger partial charge in [-0.3, -0.25) is 0 Å². The van der Waals surface area contributed by atoms with Crippen molar-refractivity contribution in [3.05, 3.63) is 94.5 Å². The number of esters is 1. The summed E-state index contributed by atoms with van der Waals surface area (Å²) in [5.41, 5.74) is 3.10. The third kappa shape index (κ3) is 5.97. The lowest BCUT2D eigenvalue weighted by Crippen LogP contribution is -2.17. The number of hydrogen-bond acceptors (Lipinski definition) is 4. The van der Waals surface area contributed by atoms with E-state index in [-0.39, 0.29) is 6.61 Å². The highest BCUT2D eigenvalue weighted by atomic mass is 35.5. The van der Waals surface area contributed by atoms with E-state index in [0.29, 0.717) is 22.1 Å². The molecule has 0 atom stereocenters. The maximum absolute atomic E-state index is 12.1. The second-order valence-electron chi connectivity index (χ2n) is 6.51. The third-order valence-electron chi connectivity index (χ3n) is 4.35. The minimum absolute atomic E-state index is 0.197. The topological polar surface area (TPSA) is 59.3 Å². The second-order valence-corrected chi connectivity index (χ2v) is 6.95. The molecular formula is C25H20ClNO3. The fourth-order valence-electron chi connectivity index (χ4n) is 2.80. The molecule has 0 radical (unpaired) electrons. The molecule has 0 fully saturated rings. The third-order valence-corrected chi connectivity index (χ3v) is 4.58. The van der Waals surface area contributed by atoms with Gasteiger partial charge in [-0.1, -0.05) is 54.9 Å². The average molecular weight is 418 g/mol. The molecule has 0 unspecified atom stereocenters. The molecule has 0 amide bonds. The van der Waals surface area contributed by atoms with Crippen molar-refractivity contribution in [3.8, 4) is 17.6 Å². The zero-order chi connectivity index (χ0) is 21.3. The van der Waals surface area contributed by atoms with Gasteiger partial charge in [0, 0.05) is 5.02 Å². The fraction of sp³-hybridized carbons (Fsp3) is 0.120. The number of aryl methyl sites for hydroxylation is 1. The molecule has 0 aliphatic carbocycles. The Morgan fingerprint density at radius 2 is 1.80 bits per heavy atom. The first-order valence-electron chi connectivity index (χ1n) is 9.47. The van der Waals surface area contributed by atoms with E-state index < -0.39 is 5.97 Å². The summed E-state index contributed by atoms with van der Waals surface area (Å²) in [5.74, 6) is 0.481. The van der Waals surface area contributed by atoms with Crippen molar-refractivity contribution in [3.63, 3.8) is 0 Å². The van der Waals surface area contributed by atoms with Crippen molar-refractivity contribution in [2.75, 3.05) is 6.61 Å². The van der Waals surface area contributed by atoms with Gasteiger partial charge in [-0.2, -0.15) is 5.26 Å². The van der Waals surface area contributed by atoms with Crippen molar-refractivity contribution >= 4 is 29.2 Å². The zero-order valence-corrected chi connectivity index (χ0v) is 17.2. The normalized spacial score (nSPS) is 10.9. The predicted molar refractivity (Wildman–Crippen MR) is 118 cm³/mol. The van der Waals surface area contributed by atoms with Crippen LogP contribution in [0.5, 0.6) is 11.5 Å². The van der Waals surface area contributed by atoms with Gasteiger partial charge < -0.3 is 9.47 Å². The van der Waals surface area contributed by atoms with Crippen LogP contribution in [-0.2, 0) is 11.2 Å². The highest BCUT2D eigenvalue weighted by Gasteiger charge is 2.08. The van der Waals surface area contributed by atoms with Gasteiger partial charge in [0.05, 0.1) is 11.6 Å². The maximum atomic E-state index is 12.1. The molecule has 5 heteroatoms. The number of carbonyl (C=O) groups excluding carboxylic acids is 1.